The minimum Gasteiger partial charge on any atom is -0.493 e. The first kappa shape index (κ1) is 19.8. The second kappa shape index (κ2) is 8.26. The number of nitro groups is 1. The molecule has 0 saturated carbocycles. The van der Waals surface area contributed by atoms with Crippen molar-refractivity contribution in [3.05, 3.63) is 27.8 Å². The van der Waals surface area contributed by atoms with Crippen molar-refractivity contribution in [1.82, 2.24) is 9.80 Å². The molecule has 1 unspecified atom stereocenters. The van der Waals surface area contributed by atoms with Gasteiger partial charge in [-0.3, -0.25) is 19.8 Å². The number of benzene rings is 1. The molecular formula is C16H21F2N3O5. The largest absolute Gasteiger partial charge is 0.493 e. The average molecular weight is 373 g/mol. The lowest BCUT2D eigenvalue weighted by molar-refractivity contribution is -0.385. The number of likely N-dealkylation sites (tertiary alicyclic amines) is 1. The minimum atomic E-state index is -3.13. The van der Waals surface area contributed by atoms with Gasteiger partial charge in [-0.1, -0.05) is 0 Å². The number of likely N-dealkylation sites (N-methyl/N-ethyl adjacent to an activating group) is 1. The number of amides is 1. The van der Waals surface area contributed by atoms with E-state index in [0.717, 1.165) is 12.5 Å². The zero-order valence-corrected chi connectivity index (χ0v) is 14.8. The molecular weight excluding hydrogens is 352 g/mol. The summed E-state index contributed by atoms with van der Waals surface area (Å²) in [6.45, 7) is -2.39. The summed E-state index contributed by atoms with van der Waals surface area (Å²) in [6, 6.07) is 1.87. The van der Waals surface area contributed by atoms with Gasteiger partial charge in [-0.25, -0.2) is 0 Å². The summed E-state index contributed by atoms with van der Waals surface area (Å²) in [5.74, 6) is -0.504. The van der Waals surface area contributed by atoms with Gasteiger partial charge in [0.15, 0.2) is 11.5 Å². The maximum absolute atomic E-state index is 12.5. The van der Waals surface area contributed by atoms with Gasteiger partial charge in [0.05, 0.1) is 24.1 Å². The second-order valence-corrected chi connectivity index (χ2v) is 6.13. The molecule has 0 N–H and O–H groups in total. The summed E-state index contributed by atoms with van der Waals surface area (Å²) in [5, 5.41) is 11.4. The summed E-state index contributed by atoms with van der Waals surface area (Å²) in [5.41, 5.74) is -0.0867. The van der Waals surface area contributed by atoms with E-state index in [4.69, 9.17) is 4.74 Å². The highest BCUT2D eigenvalue weighted by Gasteiger charge is 2.33. The Bertz CT molecular complexity index is 684. The Labute approximate surface area is 149 Å². The summed E-state index contributed by atoms with van der Waals surface area (Å²) < 4.78 is 34.4. The fourth-order valence-electron chi connectivity index (χ4n) is 3.05. The van der Waals surface area contributed by atoms with Gasteiger partial charge in [-0.15, -0.1) is 0 Å². The van der Waals surface area contributed by atoms with Crippen LogP contribution in [0, 0.1) is 10.1 Å². The highest BCUT2D eigenvalue weighted by Crippen LogP contribution is 2.37. The molecule has 1 aliphatic rings. The third-order valence-corrected chi connectivity index (χ3v) is 4.24. The molecule has 0 aromatic heterocycles. The molecule has 1 saturated heterocycles. The predicted molar refractivity (Wildman–Crippen MR) is 88.4 cm³/mol. The Morgan fingerprint density at radius 2 is 2.12 bits per heavy atom. The van der Waals surface area contributed by atoms with E-state index < -0.39 is 17.3 Å². The molecule has 10 heteroatoms. The van der Waals surface area contributed by atoms with Crippen LogP contribution in [0.3, 0.4) is 0 Å². The van der Waals surface area contributed by atoms with E-state index in [9.17, 15) is 23.7 Å². The molecule has 1 aromatic rings. The molecule has 0 bridgehead atoms. The van der Waals surface area contributed by atoms with Crippen LogP contribution in [0.1, 0.15) is 18.4 Å². The Balaban J connectivity index is 2.35. The van der Waals surface area contributed by atoms with E-state index in [-0.39, 0.29) is 35.5 Å². The van der Waals surface area contributed by atoms with Crippen LogP contribution in [-0.2, 0) is 11.3 Å². The van der Waals surface area contributed by atoms with Crippen LogP contribution < -0.4 is 9.47 Å². The standard InChI is InChI=1S/C16H21F2N3O5/c1-19(2)15(22)11-5-4-6-20(11)9-10-7-13(25-3)14(26-16(17)18)8-12(10)21(23)24/h7-8,11,16H,4-6,9H2,1-3H3. The normalized spacial score (nSPS) is 17.4. The maximum atomic E-state index is 12.5. The Morgan fingerprint density at radius 3 is 2.65 bits per heavy atom. The number of nitro benzene ring substituents is 1. The number of carbonyl (C=O) groups is 1. The molecule has 0 spiro atoms. The first-order valence-electron chi connectivity index (χ1n) is 8.00. The number of carbonyl (C=O) groups excluding carboxylic acids is 1. The van der Waals surface area contributed by atoms with E-state index in [1.807, 2.05) is 4.90 Å². The lowest BCUT2D eigenvalue weighted by Crippen LogP contribution is -2.42. The summed E-state index contributed by atoms with van der Waals surface area (Å²) in [6.07, 6.45) is 1.45. The lowest BCUT2D eigenvalue weighted by Gasteiger charge is -2.26. The van der Waals surface area contributed by atoms with Gasteiger partial charge in [0.2, 0.25) is 5.91 Å². The van der Waals surface area contributed by atoms with E-state index in [1.54, 1.807) is 14.1 Å². The second-order valence-electron chi connectivity index (χ2n) is 6.13. The topological polar surface area (TPSA) is 85.2 Å². The van der Waals surface area contributed by atoms with Gasteiger partial charge >= 0.3 is 6.61 Å². The third kappa shape index (κ3) is 4.37. The van der Waals surface area contributed by atoms with E-state index in [1.165, 1.54) is 18.1 Å². The van der Waals surface area contributed by atoms with Crippen molar-refractivity contribution in [2.45, 2.75) is 32.0 Å². The molecule has 144 valence electrons. The highest BCUT2D eigenvalue weighted by molar-refractivity contribution is 5.81. The predicted octanol–water partition coefficient (Wildman–Crippen LogP) is 2.26. The molecule has 2 rings (SSSR count). The molecule has 1 fully saturated rings. The van der Waals surface area contributed by atoms with E-state index in [0.29, 0.717) is 13.0 Å². The monoisotopic (exact) mass is 373 g/mol. The minimum absolute atomic E-state index is 0.0272. The fraction of sp³-hybridized carbons (Fsp3) is 0.562. The van der Waals surface area contributed by atoms with Crippen LogP contribution >= 0.6 is 0 Å². The van der Waals surface area contributed by atoms with Crippen LogP contribution in [-0.4, -0.2) is 61.0 Å². The molecule has 0 aliphatic carbocycles. The lowest BCUT2D eigenvalue weighted by atomic mass is 10.1. The molecule has 26 heavy (non-hydrogen) atoms. The quantitative estimate of drug-likeness (QED) is 0.538. The fourth-order valence-corrected chi connectivity index (χ4v) is 3.05. The number of rotatable bonds is 7. The van der Waals surface area contributed by atoms with Gasteiger partial charge in [-0.2, -0.15) is 8.78 Å². The summed E-state index contributed by atoms with van der Waals surface area (Å²) in [4.78, 5) is 26.3. The van der Waals surface area contributed by atoms with Gasteiger partial charge < -0.3 is 14.4 Å². The third-order valence-electron chi connectivity index (χ3n) is 4.24. The van der Waals surface area contributed by atoms with Crippen molar-refractivity contribution in [3.8, 4) is 11.5 Å². The number of nitrogens with zero attached hydrogens (tertiary/aromatic N) is 3. The zero-order chi connectivity index (χ0) is 19.4. The Morgan fingerprint density at radius 1 is 1.42 bits per heavy atom. The van der Waals surface area contributed by atoms with Gasteiger partial charge in [0.25, 0.3) is 5.69 Å². The number of hydrogen-bond donors (Lipinski definition) is 0. The summed E-state index contributed by atoms with van der Waals surface area (Å²) >= 11 is 0. The van der Waals surface area contributed by atoms with Crippen LogP contribution in [0.5, 0.6) is 11.5 Å². The van der Waals surface area contributed by atoms with Gasteiger partial charge in [0, 0.05) is 26.2 Å². The van der Waals surface area contributed by atoms with Crippen molar-refractivity contribution in [1.29, 1.82) is 0 Å². The Kier molecular flexibility index (Phi) is 6.30. The van der Waals surface area contributed by atoms with E-state index in [2.05, 4.69) is 4.74 Å². The molecule has 1 atom stereocenters. The number of alkyl halides is 2. The molecule has 8 nitrogen and oxygen atoms in total. The number of ether oxygens (including phenoxy) is 2. The number of hydrogen-bond acceptors (Lipinski definition) is 6. The first-order chi connectivity index (χ1) is 12.2. The number of methoxy groups -OCH3 is 1. The van der Waals surface area contributed by atoms with Crippen molar-refractivity contribution >= 4 is 11.6 Å². The summed E-state index contributed by atoms with van der Waals surface area (Å²) in [7, 11) is 4.57. The maximum Gasteiger partial charge on any atom is 0.387 e. The van der Waals surface area contributed by atoms with Gasteiger partial charge in [-0.05, 0) is 25.5 Å². The van der Waals surface area contributed by atoms with E-state index >= 15 is 0 Å². The zero-order valence-electron chi connectivity index (χ0n) is 14.8. The highest BCUT2D eigenvalue weighted by atomic mass is 19.3. The average Bonchev–Trinajstić information content (AvgIpc) is 3.02. The molecule has 1 aliphatic heterocycles. The SMILES string of the molecule is COc1cc(CN2CCCC2C(=O)N(C)C)c([N+](=O)[O-])cc1OC(F)F. The number of halogens is 2. The molecule has 1 heterocycles. The Hall–Kier alpha value is -2.49. The van der Waals surface area contributed by atoms with Crippen molar-refractivity contribution in [3.63, 3.8) is 0 Å². The van der Waals surface area contributed by atoms with Crippen LogP contribution in [0.2, 0.25) is 0 Å². The van der Waals surface area contributed by atoms with Crippen LogP contribution in [0.4, 0.5) is 14.5 Å². The van der Waals surface area contributed by atoms with Crippen LogP contribution in [0.15, 0.2) is 12.1 Å². The van der Waals surface area contributed by atoms with Crippen molar-refractivity contribution in [2.24, 2.45) is 0 Å². The molecule has 1 aromatic carbocycles. The van der Waals surface area contributed by atoms with Crippen LogP contribution in [0.25, 0.3) is 0 Å². The smallest absolute Gasteiger partial charge is 0.387 e. The van der Waals surface area contributed by atoms with Crippen molar-refractivity contribution in [2.75, 3.05) is 27.7 Å². The molecule has 1 amide bonds. The van der Waals surface area contributed by atoms with Gasteiger partial charge in [0.1, 0.15) is 0 Å². The van der Waals surface area contributed by atoms with Crippen molar-refractivity contribution < 1.29 is 28.0 Å². The first-order valence-corrected chi connectivity index (χ1v) is 8.00. The molecule has 0 radical (unpaired) electrons.